The highest BCUT2D eigenvalue weighted by atomic mass is 28.4. The van der Waals surface area contributed by atoms with E-state index in [-0.39, 0.29) is 27.9 Å². The summed E-state index contributed by atoms with van der Waals surface area (Å²) >= 11 is 0. The van der Waals surface area contributed by atoms with Crippen LogP contribution in [0, 0.1) is 11.8 Å². The second-order valence-corrected chi connectivity index (χ2v) is 21.2. The van der Waals surface area contributed by atoms with E-state index in [0.717, 1.165) is 6.42 Å². The maximum Gasteiger partial charge on any atom is 0.337 e. The van der Waals surface area contributed by atoms with Crippen LogP contribution in [0.4, 0.5) is 0 Å². The van der Waals surface area contributed by atoms with Crippen molar-refractivity contribution in [1.29, 1.82) is 0 Å². The molecule has 0 saturated heterocycles. The molecular formula is C23H42O5Si2. The molecule has 0 spiro atoms. The molecule has 0 radical (unpaired) electrons. The molecule has 0 amide bonds. The molecule has 1 aliphatic heterocycles. The normalized spacial score (nSPS) is 25.2. The zero-order valence-electron chi connectivity index (χ0n) is 20.8. The molecular weight excluding hydrogens is 412 g/mol. The van der Waals surface area contributed by atoms with Gasteiger partial charge in [-0.3, -0.25) is 0 Å². The number of hydrogen-bond donors (Lipinski definition) is 0. The van der Waals surface area contributed by atoms with Crippen LogP contribution in [-0.2, 0) is 23.1 Å². The Morgan fingerprint density at radius 2 is 1.63 bits per heavy atom. The van der Waals surface area contributed by atoms with Crippen molar-refractivity contribution in [1.82, 2.24) is 0 Å². The molecule has 2 rings (SSSR count). The molecule has 1 heterocycles. The van der Waals surface area contributed by atoms with Gasteiger partial charge in [-0.2, -0.15) is 0 Å². The summed E-state index contributed by atoms with van der Waals surface area (Å²) in [5, 5.41) is 0.209. The SMILES string of the molecule is COC(=O)C1=CO[C@@H](O[Si](C)(C)C(C)(C)C)[C@@H]2C(CO[Si](C)(C)C(C)(C)C)=CC[C@H]12. The fraction of sp³-hybridized carbons (Fsp3) is 0.783. The van der Waals surface area contributed by atoms with Crippen LogP contribution < -0.4 is 0 Å². The Bertz CT molecular complexity index is 710. The molecule has 0 N–H and O–H groups in total. The first-order valence-electron chi connectivity index (χ1n) is 11.0. The van der Waals surface area contributed by atoms with Gasteiger partial charge >= 0.3 is 5.97 Å². The minimum absolute atomic E-state index is 0.0129. The number of ether oxygens (including phenoxy) is 2. The Kier molecular flexibility index (Phi) is 7.24. The van der Waals surface area contributed by atoms with Gasteiger partial charge in [-0.25, -0.2) is 4.79 Å². The van der Waals surface area contributed by atoms with Crippen LogP contribution in [0.2, 0.25) is 36.3 Å². The Balaban J connectivity index is 2.30. The van der Waals surface area contributed by atoms with Crippen LogP contribution in [-0.4, -0.2) is 42.6 Å². The minimum atomic E-state index is -2.06. The Morgan fingerprint density at radius 1 is 1.07 bits per heavy atom. The molecule has 3 atom stereocenters. The summed E-state index contributed by atoms with van der Waals surface area (Å²) in [5.74, 6) is -0.335. The molecule has 0 aromatic rings. The number of methoxy groups -OCH3 is 1. The van der Waals surface area contributed by atoms with Crippen LogP contribution >= 0.6 is 0 Å². The summed E-state index contributed by atoms with van der Waals surface area (Å²) in [7, 11) is -2.54. The molecule has 0 aromatic heterocycles. The second kappa shape index (κ2) is 8.56. The van der Waals surface area contributed by atoms with E-state index in [1.165, 1.54) is 12.7 Å². The monoisotopic (exact) mass is 454 g/mol. The van der Waals surface area contributed by atoms with E-state index in [9.17, 15) is 4.79 Å². The molecule has 30 heavy (non-hydrogen) atoms. The molecule has 7 heteroatoms. The highest BCUT2D eigenvalue weighted by Gasteiger charge is 2.49. The van der Waals surface area contributed by atoms with Gasteiger partial charge in [0.15, 0.2) is 22.9 Å². The smallest absolute Gasteiger partial charge is 0.337 e. The zero-order valence-corrected chi connectivity index (χ0v) is 22.8. The third kappa shape index (κ3) is 5.11. The van der Waals surface area contributed by atoms with Gasteiger partial charge < -0.3 is 18.3 Å². The third-order valence-electron chi connectivity index (χ3n) is 7.56. The maximum atomic E-state index is 12.4. The van der Waals surface area contributed by atoms with Gasteiger partial charge in [0.25, 0.3) is 0 Å². The van der Waals surface area contributed by atoms with Crippen molar-refractivity contribution in [2.75, 3.05) is 13.7 Å². The third-order valence-corrected chi connectivity index (χ3v) is 16.5. The van der Waals surface area contributed by atoms with Gasteiger partial charge in [0.1, 0.15) is 0 Å². The number of hydrogen-bond acceptors (Lipinski definition) is 5. The fourth-order valence-electron chi connectivity index (χ4n) is 3.34. The molecule has 2 aliphatic rings. The van der Waals surface area contributed by atoms with Crippen molar-refractivity contribution in [3.8, 4) is 0 Å². The maximum absolute atomic E-state index is 12.4. The van der Waals surface area contributed by atoms with Gasteiger partial charge in [0.05, 0.1) is 31.5 Å². The molecule has 0 fully saturated rings. The zero-order chi connectivity index (χ0) is 23.1. The summed E-state index contributed by atoms with van der Waals surface area (Å²) in [6.45, 7) is 23.0. The molecule has 5 nitrogen and oxygen atoms in total. The first kappa shape index (κ1) is 25.4. The van der Waals surface area contributed by atoms with Gasteiger partial charge in [-0.05, 0) is 48.3 Å². The van der Waals surface area contributed by atoms with E-state index in [1.54, 1.807) is 6.26 Å². The number of esters is 1. The Morgan fingerprint density at radius 3 is 2.13 bits per heavy atom. The lowest BCUT2D eigenvalue weighted by atomic mass is 9.83. The van der Waals surface area contributed by atoms with Crippen molar-refractivity contribution >= 4 is 22.6 Å². The number of fused-ring (bicyclic) bond motifs is 1. The Hall–Kier alpha value is -0.896. The summed E-state index contributed by atoms with van der Waals surface area (Å²) in [6, 6.07) is 0. The predicted molar refractivity (Wildman–Crippen MR) is 126 cm³/mol. The number of rotatable bonds is 6. The summed E-state index contributed by atoms with van der Waals surface area (Å²) in [6.07, 6.45) is 4.16. The van der Waals surface area contributed by atoms with E-state index in [4.69, 9.17) is 18.3 Å². The standard InChI is InChI=1S/C23H42O5Si2/c1-22(2,3)29(8,9)27-14-16-12-13-17-18(20(24)25-7)15-26-21(19(16)17)28-30(10,11)23(4,5)6/h12,15,17,19,21H,13-14H2,1-11H3/t17-,19-,21+/m1/s1. The van der Waals surface area contributed by atoms with E-state index in [0.29, 0.717) is 12.2 Å². The number of carbonyl (C=O) groups excluding carboxylic acids is 1. The number of allylic oxidation sites excluding steroid dienone is 1. The lowest BCUT2D eigenvalue weighted by Crippen LogP contribution is -2.49. The number of carbonyl (C=O) groups is 1. The molecule has 0 saturated carbocycles. The van der Waals surface area contributed by atoms with Crippen LogP contribution in [0.15, 0.2) is 23.5 Å². The van der Waals surface area contributed by atoms with Crippen molar-refractivity contribution in [3.05, 3.63) is 23.5 Å². The van der Waals surface area contributed by atoms with Gasteiger partial charge in [0, 0.05) is 5.92 Å². The topological polar surface area (TPSA) is 54.0 Å². The molecule has 0 aromatic carbocycles. The van der Waals surface area contributed by atoms with Crippen LogP contribution in [0.5, 0.6) is 0 Å². The van der Waals surface area contributed by atoms with E-state index < -0.39 is 22.9 Å². The van der Waals surface area contributed by atoms with Crippen LogP contribution in [0.25, 0.3) is 0 Å². The largest absolute Gasteiger partial charge is 0.472 e. The van der Waals surface area contributed by atoms with Gasteiger partial charge in [0.2, 0.25) is 0 Å². The fourth-order valence-corrected chi connectivity index (χ4v) is 5.43. The van der Waals surface area contributed by atoms with Crippen molar-refractivity contribution in [2.24, 2.45) is 11.8 Å². The quantitative estimate of drug-likeness (QED) is 0.280. The average molecular weight is 455 g/mol. The first-order chi connectivity index (χ1) is 13.5. The molecule has 0 unspecified atom stereocenters. The van der Waals surface area contributed by atoms with Crippen molar-refractivity contribution < 1.29 is 23.1 Å². The lowest BCUT2D eigenvalue weighted by Gasteiger charge is -2.44. The van der Waals surface area contributed by atoms with E-state index in [2.05, 4.69) is 73.8 Å². The summed E-state index contributed by atoms with van der Waals surface area (Å²) < 4.78 is 24.3. The van der Waals surface area contributed by atoms with Crippen molar-refractivity contribution in [3.63, 3.8) is 0 Å². The summed E-state index contributed by atoms with van der Waals surface area (Å²) in [5.41, 5.74) is 1.78. The van der Waals surface area contributed by atoms with E-state index >= 15 is 0 Å². The molecule has 1 aliphatic carbocycles. The predicted octanol–water partition coefficient (Wildman–Crippen LogP) is 6.01. The minimum Gasteiger partial charge on any atom is -0.472 e. The Labute approximate surface area is 185 Å². The van der Waals surface area contributed by atoms with Crippen molar-refractivity contribution in [2.45, 2.75) is 90.5 Å². The molecule has 172 valence electrons. The summed E-state index contributed by atoms with van der Waals surface area (Å²) in [4.78, 5) is 12.4. The van der Waals surface area contributed by atoms with E-state index in [1.807, 2.05) is 0 Å². The highest BCUT2D eigenvalue weighted by Crippen LogP contribution is 2.47. The van der Waals surface area contributed by atoms with Gasteiger partial charge in [-0.1, -0.05) is 47.6 Å². The van der Waals surface area contributed by atoms with Crippen LogP contribution in [0.3, 0.4) is 0 Å². The average Bonchev–Trinajstić information content (AvgIpc) is 3.02. The highest BCUT2D eigenvalue weighted by molar-refractivity contribution is 6.74. The van der Waals surface area contributed by atoms with Crippen LogP contribution in [0.1, 0.15) is 48.0 Å². The van der Waals surface area contributed by atoms with Gasteiger partial charge in [-0.15, -0.1) is 0 Å². The second-order valence-electron chi connectivity index (χ2n) is 11.6. The first-order valence-corrected chi connectivity index (χ1v) is 16.8. The lowest BCUT2D eigenvalue weighted by molar-refractivity contribution is -0.140. The molecule has 0 bridgehead atoms.